The molecule has 0 amide bonds. The van der Waals surface area contributed by atoms with E-state index in [0.29, 0.717) is 0 Å². The second kappa shape index (κ2) is 6.09. The Bertz CT molecular complexity index is 659. The Balaban J connectivity index is 2.14. The molecule has 0 saturated heterocycles. The zero-order valence-corrected chi connectivity index (χ0v) is 11.6. The van der Waals surface area contributed by atoms with Gasteiger partial charge in [0.25, 0.3) is 0 Å². The summed E-state index contributed by atoms with van der Waals surface area (Å²) in [4.78, 5) is 11.7. The summed E-state index contributed by atoms with van der Waals surface area (Å²) in [7, 11) is 0. The normalized spacial score (nSPS) is 10.4. The van der Waals surface area contributed by atoms with Crippen molar-refractivity contribution in [2.24, 2.45) is 0 Å². The number of ketones is 1. The highest BCUT2D eigenvalue weighted by Crippen LogP contribution is 2.25. The fraction of sp³-hybridized carbons (Fsp3) is 0.0714. The first-order valence-electron chi connectivity index (χ1n) is 5.54. The van der Waals surface area contributed by atoms with E-state index in [4.69, 9.17) is 4.74 Å². The van der Waals surface area contributed by atoms with Crippen LogP contribution in [0.4, 0.5) is 13.2 Å². The first-order chi connectivity index (χ1) is 9.49. The molecule has 0 radical (unpaired) electrons. The Hall–Kier alpha value is -1.82. The summed E-state index contributed by atoms with van der Waals surface area (Å²) in [6.45, 7) is -0.590. The number of ether oxygens (including phenoxy) is 1. The summed E-state index contributed by atoms with van der Waals surface area (Å²) in [5.41, 5.74) is -0.164. The Labute approximate surface area is 121 Å². The van der Waals surface area contributed by atoms with E-state index in [1.807, 2.05) is 0 Å². The van der Waals surface area contributed by atoms with Gasteiger partial charge in [-0.25, -0.2) is 8.78 Å². The van der Waals surface area contributed by atoms with Gasteiger partial charge in [0, 0.05) is 4.47 Å². The molecule has 2 aromatic rings. The third kappa shape index (κ3) is 3.19. The lowest BCUT2D eigenvalue weighted by Crippen LogP contribution is -2.14. The largest absolute Gasteiger partial charge is 0.482 e. The van der Waals surface area contributed by atoms with Gasteiger partial charge in [0.15, 0.2) is 18.2 Å². The van der Waals surface area contributed by atoms with Crippen molar-refractivity contribution in [3.8, 4) is 5.75 Å². The molecule has 0 aliphatic heterocycles. The SMILES string of the molecule is O=C(COc1cc(Br)cc(F)c1F)c1ccccc1F. The van der Waals surface area contributed by atoms with Crippen molar-refractivity contribution in [3.05, 3.63) is 63.9 Å². The molecule has 0 atom stereocenters. The highest BCUT2D eigenvalue weighted by atomic mass is 79.9. The molecule has 104 valence electrons. The van der Waals surface area contributed by atoms with Crippen LogP contribution in [0.25, 0.3) is 0 Å². The van der Waals surface area contributed by atoms with Crippen LogP contribution in [0.2, 0.25) is 0 Å². The van der Waals surface area contributed by atoms with Gasteiger partial charge in [0.05, 0.1) is 5.56 Å². The van der Waals surface area contributed by atoms with Crippen LogP contribution in [0.3, 0.4) is 0 Å². The number of halogens is 4. The lowest BCUT2D eigenvalue weighted by molar-refractivity contribution is 0.0914. The molecule has 0 unspecified atom stereocenters. The maximum atomic E-state index is 13.4. The summed E-state index contributed by atoms with van der Waals surface area (Å²) >= 11 is 2.98. The van der Waals surface area contributed by atoms with Gasteiger partial charge in [-0.15, -0.1) is 0 Å². The minimum absolute atomic E-state index is 0.164. The van der Waals surface area contributed by atoms with E-state index >= 15 is 0 Å². The van der Waals surface area contributed by atoms with Crippen LogP contribution in [0.1, 0.15) is 10.4 Å². The van der Waals surface area contributed by atoms with E-state index in [1.165, 1.54) is 24.3 Å². The second-order valence-corrected chi connectivity index (χ2v) is 4.81. The van der Waals surface area contributed by atoms with Crippen LogP contribution < -0.4 is 4.74 Å². The number of carbonyl (C=O) groups is 1. The molecular formula is C14H8BrF3O2. The maximum Gasteiger partial charge on any atom is 0.203 e. The average Bonchev–Trinajstić information content (AvgIpc) is 2.41. The van der Waals surface area contributed by atoms with Crippen LogP contribution in [0, 0.1) is 17.5 Å². The molecule has 0 spiro atoms. The average molecular weight is 345 g/mol. The lowest BCUT2D eigenvalue weighted by Gasteiger charge is -2.08. The molecule has 0 heterocycles. The summed E-state index contributed by atoms with van der Waals surface area (Å²) in [5.74, 6) is -4.08. The molecule has 2 rings (SSSR count). The monoisotopic (exact) mass is 344 g/mol. The van der Waals surface area contributed by atoms with Crippen molar-refractivity contribution in [2.75, 3.05) is 6.61 Å². The molecule has 2 nitrogen and oxygen atoms in total. The van der Waals surface area contributed by atoms with Crippen molar-refractivity contribution >= 4 is 21.7 Å². The van der Waals surface area contributed by atoms with Crippen LogP contribution >= 0.6 is 15.9 Å². The molecule has 0 aliphatic rings. The quantitative estimate of drug-likeness (QED) is 0.615. The van der Waals surface area contributed by atoms with Crippen molar-refractivity contribution < 1.29 is 22.7 Å². The number of hydrogen-bond acceptors (Lipinski definition) is 2. The van der Waals surface area contributed by atoms with Crippen LogP contribution in [-0.4, -0.2) is 12.4 Å². The van der Waals surface area contributed by atoms with Gasteiger partial charge >= 0.3 is 0 Å². The molecule has 6 heteroatoms. The third-order valence-corrected chi connectivity index (χ3v) is 2.95. The fourth-order valence-corrected chi connectivity index (χ4v) is 1.95. The summed E-state index contributed by atoms with van der Waals surface area (Å²) in [6.07, 6.45) is 0. The summed E-state index contributed by atoms with van der Waals surface area (Å²) < 4.78 is 45.1. The standard InChI is InChI=1S/C14H8BrF3O2/c15-8-5-11(17)14(18)13(6-8)20-7-12(19)9-3-1-2-4-10(9)16/h1-6H,7H2. The highest BCUT2D eigenvalue weighted by Gasteiger charge is 2.15. The van der Waals surface area contributed by atoms with Gasteiger partial charge in [0.1, 0.15) is 5.82 Å². The molecule has 0 aliphatic carbocycles. The van der Waals surface area contributed by atoms with Gasteiger partial charge in [-0.2, -0.15) is 4.39 Å². The predicted molar refractivity (Wildman–Crippen MR) is 70.3 cm³/mol. The van der Waals surface area contributed by atoms with Gasteiger partial charge in [-0.1, -0.05) is 28.1 Å². The Morgan fingerprint density at radius 3 is 2.50 bits per heavy atom. The molecule has 20 heavy (non-hydrogen) atoms. The molecule has 2 aromatic carbocycles. The van der Waals surface area contributed by atoms with Crippen molar-refractivity contribution in [1.29, 1.82) is 0 Å². The molecule has 0 fully saturated rings. The van der Waals surface area contributed by atoms with Crippen molar-refractivity contribution in [2.45, 2.75) is 0 Å². The number of benzene rings is 2. The van der Waals surface area contributed by atoms with Crippen molar-refractivity contribution in [1.82, 2.24) is 0 Å². The van der Waals surface area contributed by atoms with Crippen LogP contribution in [0.15, 0.2) is 40.9 Å². The minimum atomic E-state index is -1.20. The number of Topliss-reactive ketones (excluding diaryl/α,β-unsaturated/α-hetero) is 1. The minimum Gasteiger partial charge on any atom is -0.482 e. The van der Waals surface area contributed by atoms with E-state index in [-0.39, 0.29) is 10.0 Å². The number of carbonyl (C=O) groups excluding carboxylic acids is 1. The lowest BCUT2D eigenvalue weighted by atomic mass is 10.1. The topological polar surface area (TPSA) is 26.3 Å². The van der Waals surface area contributed by atoms with Gasteiger partial charge in [-0.05, 0) is 24.3 Å². The zero-order valence-electron chi connectivity index (χ0n) is 10.00. The molecule has 0 saturated carbocycles. The summed E-state index contributed by atoms with van der Waals surface area (Å²) in [5, 5.41) is 0. The second-order valence-electron chi connectivity index (χ2n) is 3.89. The van der Waals surface area contributed by atoms with Crippen molar-refractivity contribution in [3.63, 3.8) is 0 Å². The third-order valence-electron chi connectivity index (χ3n) is 2.49. The first-order valence-corrected chi connectivity index (χ1v) is 6.33. The molecule has 0 aromatic heterocycles. The Morgan fingerprint density at radius 1 is 1.10 bits per heavy atom. The number of rotatable bonds is 4. The Morgan fingerprint density at radius 2 is 1.80 bits per heavy atom. The van der Waals surface area contributed by atoms with E-state index in [2.05, 4.69) is 15.9 Å². The van der Waals surface area contributed by atoms with Gasteiger partial charge in [0.2, 0.25) is 11.6 Å². The molecule has 0 bridgehead atoms. The molecule has 0 N–H and O–H groups in total. The molecular weight excluding hydrogens is 337 g/mol. The summed E-state index contributed by atoms with van der Waals surface area (Å²) in [6, 6.07) is 7.48. The van der Waals surface area contributed by atoms with E-state index in [0.717, 1.165) is 12.1 Å². The van der Waals surface area contributed by atoms with E-state index in [9.17, 15) is 18.0 Å². The van der Waals surface area contributed by atoms with E-state index in [1.54, 1.807) is 0 Å². The predicted octanol–water partition coefficient (Wildman–Crippen LogP) is 4.13. The van der Waals surface area contributed by atoms with Crippen LogP contribution in [-0.2, 0) is 0 Å². The van der Waals surface area contributed by atoms with Gasteiger partial charge < -0.3 is 4.74 Å². The fourth-order valence-electron chi connectivity index (χ4n) is 1.55. The highest BCUT2D eigenvalue weighted by molar-refractivity contribution is 9.10. The van der Waals surface area contributed by atoms with Gasteiger partial charge in [-0.3, -0.25) is 4.79 Å². The maximum absolute atomic E-state index is 13.4. The smallest absolute Gasteiger partial charge is 0.203 e. The first kappa shape index (κ1) is 14.6. The van der Waals surface area contributed by atoms with Crippen LogP contribution in [0.5, 0.6) is 5.75 Å². The van der Waals surface area contributed by atoms with E-state index < -0.39 is 35.6 Å². The Kier molecular flexibility index (Phi) is 4.44. The number of hydrogen-bond donors (Lipinski definition) is 0. The zero-order chi connectivity index (χ0) is 14.7.